The molecule has 4 rings (SSSR count). The van der Waals surface area contributed by atoms with Gasteiger partial charge in [-0.05, 0) is 37.1 Å². The number of pyridine rings is 1. The van der Waals surface area contributed by atoms with E-state index in [1.54, 1.807) is 11.1 Å². The molecule has 0 saturated carbocycles. The number of aromatic nitrogens is 1. The number of nitrogens with one attached hydrogen (secondary N) is 2. The third-order valence-corrected chi connectivity index (χ3v) is 5.20. The number of benzene rings is 1. The Morgan fingerprint density at radius 3 is 3.04 bits per heavy atom. The summed E-state index contributed by atoms with van der Waals surface area (Å²) in [6.45, 7) is 2.66. The number of amides is 2. The molecule has 0 unspecified atom stereocenters. The lowest BCUT2D eigenvalue weighted by Crippen LogP contribution is -2.64. The van der Waals surface area contributed by atoms with Crippen molar-refractivity contribution in [3.05, 3.63) is 42.1 Å². The average molecular weight is 354 g/mol. The molecular formula is C19H22N4O3. The zero-order valence-electron chi connectivity index (χ0n) is 14.6. The first-order valence-corrected chi connectivity index (χ1v) is 8.89. The number of aliphatic hydroxyl groups excluding tert-OH is 1. The number of carbonyl (C=O) groups excluding carboxylic acids is 2. The first-order chi connectivity index (χ1) is 12.5. The van der Waals surface area contributed by atoms with E-state index in [0.29, 0.717) is 19.5 Å². The van der Waals surface area contributed by atoms with Crippen molar-refractivity contribution in [1.82, 2.24) is 20.5 Å². The molecule has 4 atom stereocenters. The minimum absolute atomic E-state index is 0.0482. The van der Waals surface area contributed by atoms with Gasteiger partial charge in [-0.25, -0.2) is 0 Å². The van der Waals surface area contributed by atoms with Gasteiger partial charge in [0, 0.05) is 30.7 Å². The van der Waals surface area contributed by atoms with E-state index < -0.39 is 18.2 Å². The number of rotatable bonds is 4. The number of aliphatic hydroxyl groups is 1. The van der Waals surface area contributed by atoms with Crippen molar-refractivity contribution in [1.29, 1.82) is 0 Å². The Hall–Kier alpha value is -2.51. The third kappa shape index (κ3) is 3.04. The number of hydrogen-bond donors (Lipinski definition) is 3. The second-order valence-corrected chi connectivity index (χ2v) is 7.08. The Balaban J connectivity index is 1.42. The smallest absolute Gasteiger partial charge is 0.248 e. The predicted octanol–water partition coefficient (Wildman–Crippen LogP) is 0.173. The summed E-state index contributed by atoms with van der Waals surface area (Å²) in [6.07, 6.45) is 1.46. The highest BCUT2D eigenvalue weighted by Crippen LogP contribution is 2.24. The van der Waals surface area contributed by atoms with Crippen molar-refractivity contribution in [2.75, 3.05) is 6.54 Å². The van der Waals surface area contributed by atoms with Gasteiger partial charge in [0.2, 0.25) is 11.8 Å². The number of carbonyl (C=O) groups is 2. The van der Waals surface area contributed by atoms with Crippen LogP contribution in [0.4, 0.5) is 0 Å². The number of nitrogens with zero attached hydrogens (tertiary/aromatic N) is 2. The zero-order valence-corrected chi connectivity index (χ0v) is 14.6. The third-order valence-electron chi connectivity index (χ3n) is 5.20. The van der Waals surface area contributed by atoms with Gasteiger partial charge in [0.05, 0.1) is 11.6 Å². The molecule has 2 aliphatic rings. The van der Waals surface area contributed by atoms with E-state index in [1.165, 1.54) is 6.92 Å². The molecule has 136 valence electrons. The van der Waals surface area contributed by atoms with Crippen molar-refractivity contribution in [3.8, 4) is 0 Å². The van der Waals surface area contributed by atoms with E-state index in [4.69, 9.17) is 0 Å². The molecule has 3 N–H and O–H groups in total. The maximum atomic E-state index is 12.5. The standard InChI is InChI=1S/C19H22N4O3/c1-11(24)17-19(26)23-10-14(8-16(23)18(25)22-17)21-9-12-4-5-15-13(7-12)3-2-6-20-15/h2-7,11,14,16-17,21,24H,8-10H2,1H3,(H,22,25)/t11-,14-,16-,17+/m0/s1. The first kappa shape index (κ1) is 16.9. The van der Waals surface area contributed by atoms with E-state index >= 15 is 0 Å². The fraction of sp³-hybridized carbons (Fsp3) is 0.421. The van der Waals surface area contributed by atoms with E-state index in [-0.39, 0.29) is 17.9 Å². The molecule has 2 amide bonds. The highest BCUT2D eigenvalue weighted by Gasteiger charge is 2.47. The highest BCUT2D eigenvalue weighted by molar-refractivity contribution is 5.97. The van der Waals surface area contributed by atoms with Crippen LogP contribution in [0, 0.1) is 0 Å². The average Bonchev–Trinajstić information content (AvgIpc) is 3.08. The van der Waals surface area contributed by atoms with Crippen LogP contribution in [0.2, 0.25) is 0 Å². The summed E-state index contributed by atoms with van der Waals surface area (Å²) in [7, 11) is 0. The molecule has 0 bridgehead atoms. The van der Waals surface area contributed by atoms with Crippen LogP contribution in [0.3, 0.4) is 0 Å². The van der Waals surface area contributed by atoms with Gasteiger partial charge >= 0.3 is 0 Å². The Morgan fingerprint density at radius 1 is 1.38 bits per heavy atom. The molecule has 0 aliphatic carbocycles. The van der Waals surface area contributed by atoms with Crippen LogP contribution >= 0.6 is 0 Å². The van der Waals surface area contributed by atoms with Crippen LogP contribution in [0.1, 0.15) is 18.9 Å². The molecule has 1 aromatic carbocycles. The molecule has 2 aliphatic heterocycles. The number of hydrogen-bond acceptors (Lipinski definition) is 5. The fourth-order valence-electron chi connectivity index (χ4n) is 3.79. The zero-order chi connectivity index (χ0) is 18.3. The fourth-order valence-corrected chi connectivity index (χ4v) is 3.79. The van der Waals surface area contributed by atoms with E-state index in [1.807, 2.05) is 24.3 Å². The molecule has 7 nitrogen and oxygen atoms in total. The van der Waals surface area contributed by atoms with E-state index in [9.17, 15) is 14.7 Å². The summed E-state index contributed by atoms with van der Waals surface area (Å²) in [5.41, 5.74) is 2.09. The van der Waals surface area contributed by atoms with E-state index in [2.05, 4.69) is 21.7 Å². The molecule has 2 saturated heterocycles. The summed E-state index contributed by atoms with van der Waals surface area (Å²) < 4.78 is 0. The Morgan fingerprint density at radius 2 is 2.23 bits per heavy atom. The van der Waals surface area contributed by atoms with Gasteiger partial charge in [0.25, 0.3) is 0 Å². The molecule has 1 aromatic heterocycles. The Labute approximate surface area is 151 Å². The summed E-state index contributed by atoms with van der Waals surface area (Å²) in [4.78, 5) is 30.6. The Kier molecular flexibility index (Phi) is 4.34. The maximum absolute atomic E-state index is 12.5. The van der Waals surface area contributed by atoms with Crippen molar-refractivity contribution >= 4 is 22.7 Å². The lowest BCUT2D eigenvalue weighted by molar-refractivity contribution is -0.149. The van der Waals surface area contributed by atoms with Gasteiger partial charge in [-0.1, -0.05) is 12.1 Å². The first-order valence-electron chi connectivity index (χ1n) is 8.89. The molecule has 2 aromatic rings. The summed E-state index contributed by atoms with van der Waals surface area (Å²) >= 11 is 0. The van der Waals surface area contributed by atoms with Crippen molar-refractivity contribution < 1.29 is 14.7 Å². The second kappa shape index (κ2) is 6.66. The van der Waals surface area contributed by atoms with Gasteiger partial charge < -0.3 is 20.6 Å². The number of piperazine rings is 1. The summed E-state index contributed by atoms with van der Waals surface area (Å²) in [6, 6.07) is 8.82. The minimum atomic E-state index is -0.898. The maximum Gasteiger partial charge on any atom is 0.248 e. The molecular weight excluding hydrogens is 332 g/mol. The number of fused-ring (bicyclic) bond motifs is 2. The normalized spacial score (nSPS) is 26.7. The van der Waals surface area contributed by atoms with E-state index in [0.717, 1.165) is 16.5 Å². The largest absolute Gasteiger partial charge is 0.391 e. The molecule has 2 fully saturated rings. The highest BCUT2D eigenvalue weighted by atomic mass is 16.3. The van der Waals surface area contributed by atoms with Crippen molar-refractivity contribution in [2.24, 2.45) is 0 Å². The molecule has 26 heavy (non-hydrogen) atoms. The van der Waals surface area contributed by atoms with Crippen LogP contribution in [-0.4, -0.2) is 57.6 Å². The van der Waals surface area contributed by atoms with Crippen molar-refractivity contribution in [3.63, 3.8) is 0 Å². The van der Waals surface area contributed by atoms with Gasteiger partial charge in [-0.2, -0.15) is 0 Å². The Bertz CT molecular complexity index is 854. The molecule has 7 heteroatoms. The van der Waals surface area contributed by atoms with Crippen LogP contribution in [0.5, 0.6) is 0 Å². The van der Waals surface area contributed by atoms with Gasteiger partial charge in [0.1, 0.15) is 12.1 Å². The molecule has 3 heterocycles. The lowest BCUT2D eigenvalue weighted by Gasteiger charge is -2.35. The van der Waals surface area contributed by atoms with Crippen LogP contribution in [0.15, 0.2) is 36.5 Å². The SMILES string of the molecule is C[C@H](O)[C@H]1NC(=O)[C@@H]2C[C@H](NCc3ccc4ncccc4c3)CN2C1=O. The van der Waals surface area contributed by atoms with Crippen LogP contribution in [-0.2, 0) is 16.1 Å². The molecule has 0 spiro atoms. The summed E-state index contributed by atoms with van der Waals surface area (Å²) in [5.74, 6) is -0.387. The topological polar surface area (TPSA) is 94.6 Å². The van der Waals surface area contributed by atoms with Crippen LogP contribution < -0.4 is 10.6 Å². The minimum Gasteiger partial charge on any atom is -0.391 e. The molecule has 0 radical (unpaired) electrons. The van der Waals surface area contributed by atoms with Crippen LogP contribution in [0.25, 0.3) is 10.9 Å². The van der Waals surface area contributed by atoms with Crippen molar-refractivity contribution in [2.45, 2.75) is 44.1 Å². The predicted molar refractivity (Wildman–Crippen MR) is 96.1 cm³/mol. The monoisotopic (exact) mass is 354 g/mol. The lowest BCUT2D eigenvalue weighted by atomic mass is 10.0. The van der Waals surface area contributed by atoms with Gasteiger partial charge in [0.15, 0.2) is 0 Å². The quantitative estimate of drug-likeness (QED) is 0.728. The second-order valence-electron chi connectivity index (χ2n) is 7.08. The van der Waals surface area contributed by atoms with Gasteiger partial charge in [-0.15, -0.1) is 0 Å². The summed E-state index contributed by atoms with van der Waals surface area (Å²) in [5, 5.41) is 16.9. The van der Waals surface area contributed by atoms with Gasteiger partial charge in [-0.3, -0.25) is 14.6 Å².